The van der Waals surface area contributed by atoms with Gasteiger partial charge in [-0.05, 0) is 30.7 Å². The van der Waals surface area contributed by atoms with Gasteiger partial charge in [-0.1, -0.05) is 60.7 Å². The van der Waals surface area contributed by atoms with Crippen LogP contribution in [0, 0.1) is 0 Å². The quantitative estimate of drug-likeness (QED) is 0.623. The van der Waals surface area contributed by atoms with E-state index in [9.17, 15) is 0 Å². The van der Waals surface area contributed by atoms with Crippen molar-refractivity contribution < 1.29 is 9.47 Å². The molecule has 0 aromatic heterocycles. The highest BCUT2D eigenvalue weighted by Gasteiger charge is 2.41. The fraction of sp³-hybridized carbons (Fsp3) is 0.208. The minimum atomic E-state index is -0.238. The minimum Gasteiger partial charge on any atom is -0.494 e. The molecule has 5 rings (SSSR count). The van der Waals surface area contributed by atoms with Crippen LogP contribution in [0.25, 0.3) is 0 Å². The van der Waals surface area contributed by atoms with Gasteiger partial charge in [-0.2, -0.15) is 5.10 Å². The fourth-order valence-electron chi connectivity index (χ4n) is 3.96. The van der Waals surface area contributed by atoms with Gasteiger partial charge in [-0.3, -0.25) is 0 Å². The standard InChI is InChI=1S/C24H22N2O2/c1-2-27-19-13-14-23-20(15-19)22-16-21(17-9-5-3-6-10-17)25-26(22)24(28-23)18-11-7-4-8-12-18/h3-15,22,24H,2,16H2,1H3/t22-,24-/m1/s1. The number of hydrogen-bond acceptors (Lipinski definition) is 4. The van der Waals surface area contributed by atoms with Crippen LogP contribution in [0.2, 0.25) is 0 Å². The number of ether oxygens (including phenoxy) is 2. The van der Waals surface area contributed by atoms with Gasteiger partial charge in [0.15, 0.2) is 0 Å². The third kappa shape index (κ3) is 2.91. The van der Waals surface area contributed by atoms with Crippen LogP contribution in [-0.4, -0.2) is 17.3 Å². The second-order valence-corrected chi connectivity index (χ2v) is 7.03. The van der Waals surface area contributed by atoms with Crippen LogP contribution in [0.4, 0.5) is 0 Å². The largest absolute Gasteiger partial charge is 0.494 e. The lowest BCUT2D eigenvalue weighted by atomic mass is 9.95. The topological polar surface area (TPSA) is 34.1 Å². The molecule has 4 nitrogen and oxygen atoms in total. The normalized spacial score (nSPS) is 20.0. The Balaban J connectivity index is 1.59. The van der Waals surface area contributed by atoms with Crippen molar-refractivity contribution in [3.63, 3.8) is 0 Å². The average molecular weight is 370 g/mol. The van der Waals surface area contributed by atoms with Gasteiger partial charge in [0, 0.05) is 17.5 Å². The van der Waals surface area contributed by atoms with E-state index in [2.05, 4.69) is 47.5 Å². The van der Waals surface area contributed by atoms with E-state index < -0.39 is 0 Å². The zero-order valence-electron chi connectivity index (χ0n) is 15.8. The predicted octanol–water partition coefficient (Wildman–Crippen LogP) is 5.33. The maximum Gasteiger partial charge on any atom is 0.213 e. The van der Waals surface area contributed by atoms with Gasteiger partial charge in [-0.15, -0.1) is 0 Å². The van der Waals surface area contributed by atoms with Crippen LogP contribution in [0.3, 0.4) is 0 Å². The van der Waals surface area contributed by atoms with E-state index in [4.69, 9.17) is 14.6 Å². The van der Waals surface area contributed by atoms with Crippen molar-refractivity contribution in [2.45, 2.75) is 25.6 Å². The molecule has 3 aromatic carbocycles. The summed E-state index contributed by atoms with van der Waals surface area (Å²) >= 11 is 0. The second kappa shape index (κ2) is 7.04. The molecular weight excluding hydrogens is 348 g/mol. The zero-order valence-corrected chi connectivity index (χ0v) is 15.8. The molecule has 2 aliphatic heterocycles. The Morgan fingerprint density at radius 1 is 1.00 bits per heavy atom. The van der Waals surface area contributed by atoms with E-state index in [0.29, 0.717) is 6.61 Å². The van der Waals surface area contributed by atoms with Crippen LogP contribution < -0.4 is 9.47 Å². The van der Waals surface area contributed by atoms with Gasteiger partial charge in [0.1, 0.15) is 11.5 Å². The number of fused-ring (bicyclic) bond motifs is 3. The first-order valence-corrected chi connectivity index (χ1v) is 9.73. The van der Waals surface area contributed by atoms with Crippen molar-refractivity contribution in [1.29, 1.82) is 0 Å². The SMILES string of the molecule is CCOc1ccc2c(c1)[C@H]1CC(c3ccccc3)=NN1[C@@H](c1ccccc1)O2. The zero-order chi connectivity index (χ0) is 18.9. The van der Waals surface area contributed by atoms with Crippen molar-refractivity contribution in [2.75, 3.05) is 6.61 Å². The number of hydrazone groups is 1. The molecule has 2 aliphatic rings. The summed E-state index contributed by atoms with van der Waals surface area (Å²) in [6.07, 6.45) is 0.608. The number of benzene rings is 3. The average Bonchev–Trinajstić information content (AvgIpc) is 3.21. The molecule has 0 saturated heterocycles. The molecule has 0 fully saturated rings. The third-order valence-corrected chi connectivity index (χ3v) is 5.26. The molecule has 0 bridgehead atoms. The highest BCUT2D eigenvalue weighted by Crippen LogP contribution is 2.48. The van der Waals surface area contributed by atoms with Gasteiger partial charge in [-0.25, -0.2) is 5.01 Å². The van der Waals surface area contributed by atoms with Crippen molar-refractivity contribution in [2.24, 2.45) is 5.10 Å². The highest BCUT2D eigenvalue weighted by atomic mass is 16.5. The lowest BCUT2D eigenvalue weighted by Gasteiger charge is -2.38. The van der Waals surface area contributed by atoms with Gasteiger partial charge in [0.2, 0.25) is 6.23 Å². The van der Waals surface area contributed by atoms with Gasteiger partial charge in [0.25, 0.3) is 0 Å². The summed E-state index contributed by atoms with van der Waals surface area (Å²) in [5.74, 6) is 1.78. The Morgan fingerprint density at radius 2 is 1.75 bits per heavy atom. The minimum absolute atomic E-state index is 0.129. The first kappa shape index (κ1) is 16.9. The van der Waals surface area contributed by atoms with E-state index in [0.717, 1.165) is 40.3 Å². The Kier molecular flexibility index (Phi) is 4.24. The van der Waals surface area contributed by atoms with Crippen LogP contribution >= 0.6 is 0 Å². The predicted molar refractivity (Wildman–Crippen MR) is 110 cm³/mol. The van der Waals surface area contributed by atoms with Gasteiger partial charge in [0.05, 0.1) is 18.4 Å². The molecule has 0 aliphatic carbocycles. The molecule has 0 amide bonds. The molecule has 28 heavy (non-hydrogen) atoms. The Labute approximate surface area is 165 Å². The maximum atomic E-state index is 6.41. The molecule has 140 valence electrons. The first-order valence-electron chi connectivity index (χ1n) is 9.73. The lowest BCUT2D eigenvalue weighted by Crippen LogP contribution is -2.33. The summed E-state index contributed by atoms with van der Waals surface area (Å²) in [4.78, 5) is 0. The highest BCUT2D eigenvalue weighted by molar-refractivity contribution is 6.01. The van der Waals surface area contributed by atoms with Crippen LogP contribution in [0.5, 0.6) is 11.5 Å². The summed E-state index contributed by atoms with van der Waals surface area (Å²) in [6, 6.07) is 26.9. The third-order valence-electron chi connectivity index (χ3n) is 5.26. The van der Waals surface area contributed by atoms with E-state index in [1.165, 1.54) is 0 Å². The molecule has 0 N–H and O–H groups in total. The Hall–Kier alpha value is -3.27. The van der Waals surface area contributed by atoms with Gasteiger partial charge >= 0.3 is 0 Å². The molecule has 0 unspecified atom stereocenters. The molecule has 3 aromatic rings. The molecule has 2 heterocycles. The summed E-state index contributed by atoms with van der Waals surface area (Å²) in [5, 5.41) is 7.10. The number of rotatable bonds is 4. The Morgan fingerprint density at radius 3 is 2.50 bits per heavy atom. The molecule has 0 spiro atoms. The van der Waals surface area contributed by atoms with Crippen LogP contribution in [0.15, 0.2) is 84.0 Å². The second-order valence-electron chi connectivity index (χ2n) is 7.03. The Bertz CT molecular complexity index is 1000. The van der Waals surface area contributed by atoms with E-state index >= 15 is 0 Å². The molecule has 0 saturated carbocycles. The van der Waals surface area contributed by atoms with Crippen molar-refractivity contribution in [3.8, 4) is 11.5 Å². The van der Waals surface area contributed by atoms with Gasteiger partial charge < -0.3 is 9.47 Å². The first-order chi connectivity index (χ1) is 13.8. The van der Waals surface area contributed by atoms with Crippen molar-refractivity contribution >= 4 is 5.71 Å². The fourth-order valence-corrected chi connectivity index (χ4v) is 3.96. The van der Waals surface area contributed by atoms with E-state index in [-0.39, 0.29) is 12.3 Å². The van der Waals surface area contributed by atoms with Crippen molar-refractivity contribution in [1.82, 2.24) is 5.01 Å². The van der Waals surface area contributed by atoms with Crippen LogP contribution in [-0.2, 0) is 0 Å². The molecule has 0 radical (unpaired) electrons. The summed E-state index contributed by atoms with van der Waals surface area (Å²) in [7, 11) is 0. The van der Waals surface area contributed by atoms with Crippen molar-refractivity contribution in [3.05, 3.63) is 95.6 Å². The summed E-state index contributed by atoms with van der Waals surface area (Å²) in [6.45, 7) is 2.65. The van der Waals surface area contributed by atoms with Crippen LogP contribution in [0.1, 0.15) is 42.3 Å². The van der Waals surface area contributed by atoms with E-state index in [1.807, 2.05) is 43.3 Å². The monoisotopic (exact) mass is 370 g/mol. The summed E-state index contributed by atoms with van der Waals surface area (Å²) < 4.78 is 12.1. The lowest BCUT2D eigenvalue weighted by molar-refractivity contribution is -0.0191. The molecule has 2 atom stereocenters. The smallest absolute Gasteiger partial charge is 0.213 e. The number of hydrogen-bond donors (Lipinski definition) is 0. The molecular formula is C24H22N2O2. The maximum absolute atomic E-state index is 6.41. The van der Waals surface area contributed by atoms with E-state index in [1.54, 1.807) is 0 Å². The molecule has 4 heteroatoms. The number of nitrogens with zero attached hydrogens (tertiary/aromatic N) is 2. The summed E-state index contributed by atoms with van der Waals surface area (Å²) in [5.41, 5.74) is 4.48.